The van der Waals surface area contributed by atoms with E-state index in [4.69, 9.17) is 4.74 Å². The monoisotopic (exact) mass is 412 g/mol. The minimum atomic E-state index is -0.334. The lowest BCUT2D eigenvalue weighted by atomic mass is 10.1. The number of halogens is 1. The van der Waals surface area contributed by atoms with Crippen molar-refractivity contribution in [1.82, 2.24) is 10.3 Å². The van der Waals surface area contributed by atoms with Crippen LogP contribution in [-0.2, 0) is 16.1 Å². The van der Waals surface area contributed by atoms with Crippen molar-refractivity contribution in [2.75, 3.05) is 6.61 Å². The van der Waals surface area contributed by atoms with Crippen LogP contribution >= 0.6 is 22.7 Å². The Kier molecular flexibility index (Phi) is 5.76. The van der Waals surface area contributed by atoms with E-state index < -0.39 is 0 Å². The molecule has 0 spiro atoms. The standard InChI is InChI=1S/C21H17FN2O2S2/c22-15-9-7-14(8-10-15)21(18-6-3-11-27-18)24-19(25)12-26-13-20-23-16-4-1-2-5-17(16)28-20/h1-11,21H,12-13H2,(H,24,25)/t21-/m1/s1. The first kappa shape index (κ1) is 18.7. The lowest BCUT2D eigenvalue weighted by molar-refractivity contribution is -0.126. The molecule has 7 heteroatoms. The van der Waals surface area contributed by atoms with Crippen molar-refractivity contribution in [2.45, 2.75) is 12.6 Å². The molecule has 0 bridgehead atoms. The van der Waals surface area contributed by atoms with Gasteiger partial charge in [0.25, 0.3) is 0 Å². The molecular weight excluding hydrogens is 395 g/mol. The molecule has 0 aliphatic rings. The summed E-state index contributed by atoms with van der Waals surface area (Å²) in [5.74, 6) is -0.539. The second kappa shape index (κ2) is 8.60. The zero-order chi connectivity index (χ0) is 19.3. The summed E-state index contributed by atoms with van der Waals surface area (Å²) in [7, 11) is 0. The number of ether oxygens (including phenoxy) is 1. The van der Waals surface area contributed by atoms with Gasteiger partial charge in [-0.1, -0.05) is 30.3 Å². The molecule has 1 N–H and O–H groups in total. The number of para-hydroxylation sites is 1. The third-order valence-electron chi connectivity index (χ3n) is 4.13. The molecular formula is C21H17FN2O2S2. The van der Waals surface area contributed by atoms with Crippen LogP contribution in [0.4, 0.5) is 4.39 Å². The summed E-state index contributed by atoms with van der Waals surface area (Å²) in [6, 6.07) is 17.6. The number of rotatable bonds is 7. The molecule has 0 saturated carbocycles. The van der Waals surface area contributed by atoms with E-state index in [1.165, 1.54) is 23.5 Å². The topological polar surface area (TPSA) is 51.2 Å². The Labute approximate surface area is 169 Å². The zero-order valence-corrected chi connectivity index (χ0v) is 16.4. The Hall–Kier alpha value is -2.61. The Bertz CT molecular complexity index is 1030. The highest BCUT2D eigenvalue weighted by atomic mass is 32.1. The highest BCUT2D eigenvalue weighted by Gasteiger charge is 2.18. The molecule has 4 aromatic rings. The van der Waals surface area contributed by atoms with Gasteiger partial charge >= 0.3 is 0 Å². The van der Waals surface area contributed by atoms with Crippen LogP contribution < -0.4 is 5.32 Å². The third-order valence-corrected chi connectivity index (χ3v) is 6.08. The van der Waals surface area contributed by atoms with Gasteiger partial charge in [0.15, 0.2) is 0 Å². The maximum atomic E-state index is 13.3. The normalized spacial score (nSPS) is 12.2. The SMILES string of the molecule is O=C(COCc1nc2ccccc2s1)N[C@H](c1ccc(F)cc1)c1cccs1. The van der Waals surface area contributed by atoms with Crippen LogP contribution in [-0.4, -0.2) is 17.5 Å². The second-order valence-electron chi connectivity index (χ2n) is 6.14. The molecule has 142 valence electrons. The van der Waals surface area contributed by atoms with Crippen molar-refractivity contribution >= 4 is 38.8 Å². The summed E-state index contributed by atoms with van der Waals surface area (Å²) >= 11 is 3.09. The molecule has 0 radical (unpaired) electrons. The van der Waals surface area contributed by atoms with Crippen LogP contribution in [0.2, 0.25) is 0 Å². The summed E-state index contributed by atoms with van der Waals surface area (Å²) in [5.41, 5.74) is 1.76. The molecule has 4 nitrogen and oxygen atoms in total. The van der Waals surface area contributed by atoms with Gasteiger partial charge in [0.2, 0.25) is 5.91 Å². The number of thiazole rings is 1. The molecule has 2 aromatic heterocycles. The highest BCUT2D eigenvalue weighted by Crippen LogP contribution is 2.26. The zero-order valence-electron chi connectivity index (χ0n) is 14.8. The summed E-state index contributed by atoms with van der Waals surface area (Å²) in [5, 5.41) is 5.76. The van der Waals surface area contributed by atoms with E-state index in [0.717, 1.165) is 25.7 Å². The minimum Gasteiger partial charge on any atom is -0.364 e. The summed E-state index contributed by atoms with van der Waals surface area (Å²) < 4.78 is 19.9. The lowest BCUT2D eigenvalue weighted by Crippen LogP contribution is -2.31. The van der Waals surface area contributed by atoms with E-state index >= 15 is 0 Å². The Morgan fingerprint density at radius 1 is 1.11 bits per heavy atom. The Balaban J connectivity index is 1.38. The molecule has 0 saturated heterocycles. The molecule has 28 heavy (non-hydrogen) atoms. The molecule has 1 amide bonds. The first-order chi connectivity index (χ1) is 13.7. The molecule has 0 fully saturated rings. The maximum Gasteiger partial charge on any atom is 0.246 e. The third kappa shape index (κ3) is 4.44. The summed E-state index contributed by atoms with van der Waals surface area (Å²) in [4.78, 5) is 17.9. The van der Waals surface area contributed by atoms with Crippen molar-refractivity contribution in [3.05, 3.63) is 87.3 Å². The average Bonchev–Trinajstić information content (AvgIpc) is 3.36. The molecule has 1 atom stereocenters. The van der Waals surface area contributed by atoms with Gasteiger partial charge in [-0.05, 0) is 41.3 Å². The van der Waals surface area contributed by atoms with Crippen LogP contribution in [0.25, 0.3) is 10.2 Å². The van der Waals surface area contributed by atoms with E-state index in [2.05, 4.69) is 10.3 Å². The minimum absolute atomic E-state index is 0.0704. The molecule has 0 aliphatic heterocycles. The summed E-state index contributed by atoms with van der Waals surface area (Å²) in [6.07, 6.45) is 0. The van der Waals surface area contributed by atoms with Crippen molar-refractivity contribution in [1.29, 1.82) is 0 Å². The van der Waals surface area contributed by atoms with Gasteiger partial charge in [-0.25, -0.2) is 9.37 Å². The number of fused-ring (bicyclic) bond motifs is 1. The number of hydrogen-bond acceptors (Lipinski definition) is 5. The summed E-state index contributed by atoms with van der Waals surface area (Å²) in [6.45, 7) is 0.214. The first-order valence-corrected chi connectivity index (χ1v) is 10.4. The number of hydrogen-bond donors (Lipinski definition) is 1. The highest BCUT2D eigenvalue weighted by molar-refractivity contribution is 7.18. The van der Waals surface area contributed by atoms with Gasteiger partial charge in [0, 0.05) is 4.88 Å². The molecule has 2 aromatic carbocycles. The number of benzene rings is 2. The number of carbonyl (C=O) groups is 1. The smallest absolute Gasteiger partial charge is 0.246 e. The van der Waals surface area contributed by atoms with Crippen LogP contribution in [0, 0.1) is 5.82 Å². The second-order valence-corrected chi connectivity index (χ2v) is 8.23. The van der Waals surface area contributed by atoms with Crippen LogP contribution in [0.5, 0.6) is 0 Å². The lowest BCUT2D eigenvalue weighted by Gasteiger charge is -2.18. The predicted octanol–water partition coefficient (Wildman–Crippen LogP) is 4.92. The maximum absolute atomic E-state index is 13.3. The number of thiophene rings is 1. The van der Waals surface area contributed by atoms with Crippen molar-refractivity contribution in [3.8, 4) is 0 Å². The van der Waals surface area contributed by atoms with Crippen LogP contribution in [0.15, 0.2) is 66.0 Å². The van der Waals surface area contributed by atoms with E-state index in [1.54, 1.807) is 23.5 Å². The number of aromatic nitrogens is 1. The number of nitrogens with one attached hydrogen (secondary N) is 1. The number of amides is 1. The van der Waals surface area contributed by atoms with Gasteiger partial charge in [0.1, 0.15) is 17.4 Å². The van der Waals surface area contributed by atoms with Gasteiger partial charge in [-0.15, -0.1) is 22.7 Å². The first-order valence-electron chi connectivity index (χ1n) is 8.69. The fourth-order valence-electron chi connectivity index (χ4n) is 2.84. The van der Waals surface area contributed by atoms with Gasteiger partial charge in [-0.2, -0.15) is 0 Å². The van der Waals surface area contributed by atoms with Gasteiger partial charge < -0.3 is 10.1 Å². The van der Waals surface area contributed by atoms with Gasteiger partial charge in [0.05, 0.1) is 22.9 Å². The van der Waals surface area contributed by atoms with Crippen molar-refractivity contribution < 1.29 is 13.9 Å². The van der Waals surface area contributed by atoms with Gasteiger partial charge in [-0.3, -0.25) is 4.79 Å². The molecule has 0 unspecified atom stereocenters. The fraction of sp³-hybridized carbons (Fsp3) is 0.143. The Morgan fingerprint density at radius 2 is 1.93 bits per heavy atom. The fourth-order valence-corrected chi connectivity index (χ4v) is 4.55. The number of nitrogens with zero attached hydrogens (tertiary/aromatic N) is 1. The van der Waals surface area contributed by atoms with Crippen molar-refractivity contribution in [3.63, 3.8) is 0 Å². The largest absolute Gasteiger partial charge is 0.364 e. The molecule has 2 heterocycles. The van der Waals surface area contributed by atoms with Crippen LogP contribution in [0.3, 0.4) is 0 Å². The van der Waals surface area contributed by atoms with Crippen molar-refractivity contribution in [2.24, 2.45) is 0 Å². The van der Waals surface area contributed by atoms with E-state index in [-0.39, 0.29) is 31.0 Å². The molecule has 4 rings (SSSR count). The van der Waals surface area contributed by atoms with Crippen LogP contribution in [0.1, 0.15) is 21.5 Å². The quantitative estimate of drug-likeness (QED) is 0.469. The number of carbonyl (C=O) groups excluding carboxylic acids is 1. The Morgan fingerprint density at radius 3 is 2.68 bits per heavy atom. The predicted molar refractivity (Wildman–Crippen MR) is 110 cm³/mol. The van der Waals surface area contributed by atoms with E-state index in [9.17, 15) is 9.18 Å². The average molecular weight is 413 g/mol. The molecule has 0 aliphatic carbocycles. The van der Waals surface area contributed by atoms with E-state index in [0.29, 0.717) is 0 Å². The van der Waals surface area contributed by atoms with E-state index in [1.807, 2.05) is 41.8 Å².